The number of thioether (sulfide) groups is 1. The predicted octanol–water partition coefficient (Wildman–Crippen LogP) is 1.93. The number of rotatable bonds is 15. The van der Waals surface area contributed by atoms with Crippen molar-refractivity contribution in [1.82, 2.24) is 20.9 Å². The van der Waals surface area contributed by atoms with Crippen molar-refractivity contribution in [3.8, 4) is 5.75 Å². The first-order valence-electron chi connectivity index (χ1n) is 13.7. The molecule has 0 aliphatic carbocycles. The molecule has 1 heterocycles. The van der Waals surface area contributed by atoms with Gasteiger partial charge in [0.1, 0.15) is 23.9 Å². The Hall–Kier alpha value is -4.03. The van der Waals surface area contributed by atoms with Gasteiger partial charge in [0.25, 0.3) is 0 Å². The Morgan fingerprint density at radius 3 is 2.19 bits per heavy atom. The van der Waals surface area contributed by atoms with Crippen LogP contribution in [-0.2, 0) is 32.0 Å². The number of para-hydroxylation sites is 1. The number of aromatic nitrogens is 1. The molecule has 0 radical (unpaired) electrons. The van der Waals surface area contributed by atoms with Gasteiger partial charge in [0, 0.05) is 23.5 Å². The smallest absolute Gasteiger partial charge is 0.326 e. The second-order valence-electron chi connectivity index (χ2n) is 10.5. The number of benzene rings is 2. The van der Waals surface area contributed by atoms with Crippen LogP contribution in [-0.4, -0.2) is 75.1 Å². The van der Waals surface area contributed by atoms with E-state index in [1.54, 1.807) is 32.2 Å². The van der Waals surface area contributed by atoms with Gasteiger partial charge in [0.05, 0.1) is 6.04 Å². The van der Waals surface area contributed by atoms with Crippen molar-refractivity contribution in [2.45, 2.75) is 57.3 Å². The minimum atomic E-state index is -1.17. The Morgan fingerprint density at radius 2 is 1.55 bits per heavy atom. The number of nitrogens with one attached hydrogen (secondary N) is 4. The number of carbonyl (C=O) groups is 4. The van der Waals surface area contributed by atoms with E-state index >= 15 is 0 Å². The zero-order valence-corrected chi connectivity index (χ0v) is 24.7. The molecule has 0 bridgehead atoms. The largest absolute Gasteiger partial charge is 0.508 e. The number of H-pyrrole nitrogens is 1. The highest BCUT2D eigenvalue weighted by Crippen LogP contribution is 2.20. The summed E-state index contributed by atoms with van der Waals surface area (Å²) in [6, 6.07) is 9.69. The minimum absolute atomic E-state index is 0.0929. The van der Waals surface area contributed by atoms with E-state index in [4.69, 9.17) is 5.73 Å². The Morgan fingerprint density at radius 1 is 0.905 bits per heavy atom. The number of phenolic OH excluding ortho intramolecular Hbond substituents is 1. The molecule has 0 fully saturated rings. The maximum atomic E-state index is 13.7. The molecule has 3 amide bonds. The van der Waals surface area contributed by atoms with Crippen LogP contribution in [0.5, 0.6) is 5.75 Å². The summed E-state index contributed by atoms with van der Waals surface area (Å²) in [7, 11) is 0. The van der Waals surface area contributed by atoms with E-state index in [-0.39, 0.29) is 30.9 Å². The summed E-state index contributed by atoms with van der Waals surface area (Å²) in [4.78, 5) is 54.9. The van der Waals surface area contributed by atoms with Crippen LogP contribution in [0, 0.1) is 5.92 Å². The van der Waals surface area contributed by atoms with E-state index in [0.717, 1.165) is 22.0 Å². The van der Waals surface area contributed by atoms with Gasteiger partial charge >= 0.3 is 5.97 Å². The average molecular weight is 598 g/mol. The van der Waals surface area contributed by atoms with Gasteiger partial charge in [-0.15, -0.1) is 0 Å². The molecular formula is C30H39N5O6S. The fourth-order valence-corrected chi connectivity index (χ4v) is 5.00. The Labute approximate surface area is 249 Å². The van der Waals surface area contributed by atoms with Crippen LogP contribution in [0.3, 0.4) is 0 Å². The molecule has 0 spiro atoms. The number of fused-ring (bicyclic) bond motifs is 1. The maximum absolute atomic E-state index is 13.7. The summed E-state index contributed by atoms with van der Waals surface area (Å²) in [5.74, 6) is -2.67. The molecule has 4 unspecified atom stereocenters. The second-order valence-corrected chi connectivity index (χ2v) is 11.5. The summed E-state index contributed by atoms with van der Waals surface area (Å²) in [6.07, 6.45) is 4.19. The molecule has 3 aromatic rings. The van der Waals surface area contributed by atoms with E-state index in [9.17, 15) is 29.4 Å². The molecule has 3 rings (SSSR count). The van der Waals surface area contributed by atoms with Gasteiger partial charge in [0.15, 0.2) is 0 Å². The van der Waals surface area contributed by atoms with Crippen LogP contribution in [0.25, 0.3) is 10.9 Å². The van der Waals surface area contributed by atoms with E-state index < -0.39 is 47.9 Å². The topological polar surface area (TPSA) is 187 Å². The van der Waals surface area contributed by atoms with Gasteiger partial charge in [-0.2, -0.15) is 11.8 Å². The minimum Gasteiger partial charge on any atom is -0.508 e. The third-order valence-electron chi connectivity index (χ3n) is 6.93. The van der Waals surface area contributed by atoms with Crippen molar-refractivity contribution in [3.05, 3.63) is 65.9 Å². The average Bonchev–Trinajstić information content (AvgIpc) is 3.36. The number of aromatic hydroxyl groups is 1. The van der Waals surface area contributed by atoms with Crippen molar-refractivity contribution in [2.24, 2.45) is 11.7 Å². The van der Waals surface area contributed by atoms with Crippen LogP contribution in [0.4, 0.5) is 0 Å². The lowest BCUT2D eigenvalue weighted by molar-refractivity contribution is -0.143. The summed E-state index contributed by atoms with van der Waals surface area (Å²) in [5, 5.41) is 28.0. The van der Waals surface area contributed by atoms with Gasteiger partial charge in [-0.3, -0.25) is 14.4 Å². The third-order valence-corrected chi connectivity index (χ3v) is 7.58. The lowest BCUT2D eigenvalue weighted by Crippen LogP contribution is -2.58. The van der Waals surface area contributed by atoms with Gasteiger partial charge < -0.3 is 36.9 Å². The summed E-state index contributed by atoms with van der Waals surface area (Å²) in [6.45, 7) is 3.37. The normalized spacial score (nSPS) is 14.1. The van der Waals surface area contributed by atoms with Gasteiger partial charge in [-0.05, 0) is 60.1 Å². The van der Waals surface area contributed by atoms with E-state index in [0.29, 0.717) is 5.75 Å². The van der Waals surface area contributed by atoms with Crippen molar-refractivity contribution >= 4 is 46.4 Å². The van der Waals surface area contributed by atoms with Crippen LogP contribution in [0.2, 0.25) is 0 Å². The molecule has 2 aromatic carbocycles. The molecule has 4 atom stereocenters. The fraction of sp³-hybridized carbons (Fsp3) is 0.400. The zero-order chi connectivity index (χ0) is 30.8. The Bertz CT molecular complexity index is 1380. The number of phenols is 1. The van der Waals surface area contributed by atoms with Crippen molar-refractivity contribution in [2.75, 3.05) is 12.0 Å². The molecule has 226 valence electrons. The van der Waals surface area contributed by atoms with Crippen LogP contribution in [0.15, 0.2) is 54.7 Å². The third kappa shape index (κ3) is 8.98. The number of amides is 3. The lowest BCUT2D eigenvalue weighted by atomic mass is 10.0. The summed E-state index contributed by atoms with van der Waals surface area (Å²) in [5.41, 5.74) is 8.58. The number of carboxylic acid groups (broad SMARTS) is 1. The van der Waals surface area contributed by atoms with Crippen molar-refractivity contribution in [1.29, 1.82) is 0 Å². The monoisotopic (exact) mass is 597 g/mol. The van der Waals surface area contributed by atoms with Crippen LogP contribution < -0.4 is 21.7 Å². The number of aliphatic carboxylic acids is 1. The molecule has 1 aromatic heterocycles. The van der Waals surface area contributed by atoms with Crippen LogP contribution >= 0.6 is 11.8 Å². The zero-order valence-electron chi connectivity index (χ0n) is 23.9. The molecule has 0 saturated heterocycles. The highest BCUT2D eigenvalue weighted by molar-refractivity contribution is 7.98. The molecule has 12 heteroatoms. The second kappa shape index (κ2) is 15.3. The summed E-state index contributed by atoms with van der Waals surface area (Å²) >= 11 is 1.48. The van der Waals surface area contributed by atoms with Gasteiger partial charge in [0.2, 0.25) is 17.7 Å². The molecule has 42 heavy (non-hydrogen) atoms. The number of carbonyl (C=O) groups excluding carboxylic acids is 3. The van der Waals surface area contributed by atoms with E-state index in [1.807, 2.05) is 30.5 Å². The Balaban J connectivity index is 1.83. The van der Waals surface area contributed by atoms with Crippen molar-refractivity contribution in [3.63, 3.8) is 0 Å². The predicted molar refractivity (Wildman–Crippen MR) is 163 cm³/mol. The van der Waals surface area contributed by atoms with Gasteiger partial charge in [-0.1, -0.05) is 44.2 Å². The fourth-order valence-electron chi connectivity index (χ4n) is 4.53. The first-order chi connectivity index (χ1) is 20.0. The number of carboxylic acids is 1. The number of hydrogen-bond donors (Lipinski definition) is 7. The maximum Gasteiger partial charge on any atom is 0.326 e. The number of hydrogen-bond acceptors (Lipinski definition) is 7. The number of aromatic amines is 1. The first kappa shape index (κ1) is 32.5. The molecule has 8 N–H and O–H groups in total. The SMILES string of the molecule is CSCCC(NC(=O)C(Cc1c[nH]c2ccccc12)NC(=O)C(N)Cc1ccc(O)cc1)C(=O)NC(C(=O)O)C(C)C. The lowest BCUT2D eigenvalue weighted by Gasteiger charge is -2.26. The van der Waals surface area contributed by atoms with Gasteiger partial charge in [-0.25, -0.2) is 4.79 Å². The molecular weight excluding hydrogens is 558 g/mol. The number of nitrogens with two attached hydrogens (primary N) is 1. The molecule has 0 aliphatic heterocycles. The quantitative estimate of drug-likeness (QED) is 0.138. The molecule has 0 saturated carbocycles. The Kier molecular flexibility index (Phi) is 11.8. The molecule has 0 aliphatic rings. The highest BCUT2D eigenvalue weighted by Gasteiger charge is 2.31. The highest BCUT2D eigenvalue weighted by atomic mass is 32.2. The standard InChI is InChI=1S/C30H39N5O6S/c1-17(2)26(30(40)41)35-28(38)24(12-13-42-3)33-29(39)25(15-19-16-32-23-7-5-4-6-21(19)23)34-27(37)22(31)14-18-8-10-20(36)11-9-18/h4-11,16-17,22,24-26,32,36H,12-15,31H2,1-3H3,(H,33,39)(H,34,37)(H,35,38)(H,40,41). The van der Waals surface area contributed by atoms with Crippen molar-refractivity contribution < 1.29 is 29.4 Å². The molecule has 11 nitrogen and oxygen atoms in total. The first-order valence-corrected chi connectivity index (χ1v) is 15.1. The van der Waals surface area contributed by atoms with Crippen LogP contribution in [0.1, 0.15) is 31.4 Å². The van der Waals surface area contributed by atoms with E-state index in [2.05, 4.69) is 20.9 Å². The summed E-state index contributed by atoms with van der Waals surface area (Å²) < 4.78 is 0. The van der Waals surface area contributed by atoms with E-state index in [1.165, 1.54) is 23.9 Å².